The first-order chi connectivity index (χ1) is 8.09. The highest BCUT2D eigenvalue weighted by atomic mass is 14.9. The second-order valence-electron chi connectivity index (χ2n) is 5.35. The first kappa shape index (κ1) is 16.3. The highest BCUT2D eigenvalue weighted by Gasteiger charge is 2.17. The summed E-state index contributed by atoms with van der Waals surface area (Å²) >= 11 is 0. The van der Waals surface area contributed by atoms with Crippen molar-refractivity contribution in [1.82, 2.24) is 5.32 Å². The van der Waals surface area contributed by atoms with Gasteiger partial charge in [-0.3, -0.25) is 0 Å². The minimum atomic E-state index is 0.816. The molecule has 0 aromatic heterocycles. The minimum Gasteiger partial charge on any atom is -0.385 e. The van der Waals surface area contributed by atoms with Gasteiger partial charge in [-0.15, -0.1) is 0 Å². The molecule has 1 heteroatoms. The number of fused-ring (bicyclic) bond motifs is 1. The monoisotopic (exact) mass is 237 g/mol. The average Bonchev–Trinajstić information content (AvgIpc) is 2.31. The second-order valence-corrected chi connectivity index (χ2v) is 5.35. The lowest BCUT2D eigenvalue weighted by Gasteiger charge is -2.27. The van der Waals surface area contributed by atoms with E-state index in [2.05, 4.69) is 45.2 Å². The Balaban J connectivity index is 0.000000368. The third-order valence-electron chi connectivity index (χ3n) is 2.46. The van der Waals surface area contributed by atoms with Gasteiger partial charge in [0.1, 0.15) is 0 Å². The van der Waals surface area contributed by atoms with Crippen molar-refractivity contribution in [1.29, 1.82) is 0 Å². The number of rotatable bonds is 0. The van der Waals surface area contributed by atoms with Gasteiger partial charge >= 0.3 is 0 Å². The fourth-order valence-electron chi connectivity index (χ4n) is 1.84. The summed E-state index contributed by atoms with van der Waals surface area (Å²) in [6, 6.07) is 0. The van der Waals surface area contributed by atoms with Gasteiger partial charge in [0.25, 0.3) is 0 Å². The third-order valence-corrected chi connectivity index (χ3v) is 2.46. The zero-order valence-corrected chi connectivity index (χ0v) is 12.6. The number of piperidine rings is 1. The molecule has 0 saturated carbocycles. The van der Waals surface area contributed by atoms with E-state index < -0.39 is 0 Å². The Morgan fingerprint density at radius 2 is 1.65 bits per heavy atom. The molecule has 100 valence electrons. The van der Waals surface area contributed by atoms with Crippen LogP contribution in [-0.4, -0.2) is 6.54 Å². The van der Waals surface area contributed by atoms with Crippen LogP contribution >= 0.6 is 0 Å². The third kappa shape index (κ3) is 7.25. The molecular weight excluding hydrogens is 206 g/mol. The highest BCUT2D eigenvalue weighted by molar-refractivity contribution is 5.34. The van der Waals surface area contributed by atoms with Crippen LogP contribution in [0.25, 0.3) is 0 Å². The van der Waals surface area contributed by atoms with Crippen molar-refractivity contribution in [2.24, 2.45) is 11.8 Å². The van der Waals surface area contributed by atoms with E-state index in [-0.39, 0.29) is 0 Å². The lowest BCUT2D eigenvalue weighted by Crippen LogP contribution is -2.29. The standard InChI is InChI=1S/C10H15N.C4H10.C2H6/c1-8-6-9-4-2-3-5-10(9)11-7-8;1-4(2)3;1-2/h4-5,8,11H,2-3,6-7H2,1H3;4H,1-3H3;1-2H3. The van der Waals surface area contributed by atoms with Crippen LogP contribution in [0.3, 0.4) is 0 Å². The van der Waals surface area contributed by atoms with Crippen LogP contribution in [0.5, 0.6) is 0 Å². The molecule has 1 aliphatic heterocycles. The molecule has 17 heavy (non-hydrogen) atoms. The zero-order valence-electron chi connectivity index (χ0n) is 12.6. The summed E-state index contributed by atoms with van der Waals surface area (Å²) in [4.78, 5) is 0. The molecule has 0 amide bonds. The Morgan fingerprint density at radius 3 is 2.24 bits per heavy atom. The quantitative estimate of drug-likeness (QED) is 0.631. The van der Waals surface area contributed by atoms with E-state index in [1.165, 1.54) is 25.0 Å². The molecule has 2 aliphatic rings. The van der Waals surface area contributed by atoms with Gasteiger partial charge in [0.2, 0.25) is 0 Å². The summed E-state index contributed by atoms with van der Waals surface area (Å²) < 4.78 is 0. The van der Waals surface area contributed by atoms with Gasteiger partial charge in [-0.2, -0.15) is 0 Å². The van der Waals surface area contributed by atoms with Crippen molar-refractivity contribution in [2.45, 2.75) is 60.8 Å². The molecule has 1 heterocycles. The topological polar surface area (TPSA) is 12.0 Å². The number of allylic oxidation sites excluding steroid dienone is 3. The van der Waals surface area contributed by atoms with Crippen LogP contribution in [0.2, 0.25) is 0 Å². The normalized spacial score (nSPS) is 21.7. The van der Waals surface area contributed by atoms with E-state index in [1.54, 1.807) is 5.57 Å². The van der Waals surface area contributed by atoms with Gasteiger partial charge in [-0.25, -0.2) is 0 Å². The van der Waals surface area contributed by atoms with Gasteiger partial charge in [0.05, 0.1) is 0 Å². The Morgan fingerprint density at radius 1 is 1.12 bits per heavy atom. The van der Waals surface area contributed by atoms with Crippen molar-refractivity contribution < 1.29 is 0 Å². The van der Waals surface area contributed by atoms with Crippen molar-refractivity contribution in [3.8, 4) is 0 Å². The summed E-state index contributed by atoms with van der Waals surface area (Å²) in [5.74, 6) is 1.65. The van der Waals surface area contributed by atoms with E-state index in [9.17, 15) is 0 Å². The fraction of sp³-hybridized carbons (Fsp3) is 0.750. The van der Waals surface area contributed by atoms with Crippen LogP contribution in [0.1, 0.15) is 60.8 Å². The summed E-state index contributed by atoms with van der Waals surface area (Å²) in [5, 5.41) is 3.46. The van der Waals surface area contributed by atoms with Crippen LogP contribution in [0, 0.1) is 11.8 Å². The molecule has 2 rings (SSSR count). The maximum absolute atomic E-state index is 3.46. The van der Waals surface area contributed by atoms with Gasteiger partial charge in [0.15, 0.2) is 0 Å². The molecule has 1 unspecified atom stereocenters. The van der Waals surface area contributed by atoms with Crippen LogP contribution in [0.4, 0.5) is 0 Å². The van der Waals surface area contributed by atoms with Crippen molar-refractivity contribution >= 4 is 0 Å². The Hall–Kier alpha value is -0.720. The average molecular weight is 237 g/mol. The lowest BCUT2D eigenvalue weighted by atomic mass is 9.90. The first-order valence-corrected chi connectivity index (χ1v) is 7.23. The second kappa shape index (κ2) is 9.32. The maximum Gasteiger partial charge on any atom is 0.0329 e. The Labute approximate surface area is 108 Å². The maximum atomic E-state index is 3.46. The van der Waals surface area contributed by atoms with E-state index >= 15 is 0 Å². The molecule has 1 atom stereocenters. The molecule has 1 saturated heterocycles. The summed E-state index contributed by atoms with van der Waals surface area (Å²) in [6.07, 6.45) is 8.46. The number of nitrogens with one attached hydrogen (secondary N) is 1. The molecule has 0 aromatic rings. The van der Waals surface area contributed by atoms with Gasteiger partial charge in [-0.05, 0) is 36.7 Å². The SMILES string of the molecule is CC.CC(C)C.CC1CNC2=CCCC=C2C1. The number of hydrogen-bond donors (Lipinski definition) is 1. The van der Waals surface area contributed by atoms with Crippen LogP contribution in [0.15, 0.2) is 23.4 Å². The van der Waals surface area contributed by atoms with E-state index in [0.717, 1.165) is 18.4 Å². The van der Waals surface area contributed by atoms with Gasteiger partial charge in [-0.1, -0.05) is 53.7 Å². The predicted molar refractivity (Wildman–Crippen MR) is 79.0 cm³/mol. The van der Waals surface area contributed by atoms with Crippen molar-refractivity contribution in [2.75, 3.05) is 6.54 Å². The summed E-state index contributed by atoms with van der Waals surface area (Å²) in [6.45, 7) is 14.0. The summed E-state index contributed by atoms with van der Waals surface area (Å²) in [5.41, 5.74) is 2.96. The molecule has 1 fully saturated rings. The predicted octanol–water partition coefficient (Wildman–Crippen LogP) is 4.91. The lowest BCUT2D eigenvalue weighted by molar-refractivity contribution is 0.500. The van der Waals surface area contributed by atoms with Crippen LogP contribution < -0.4 is 5.32 Å². The molecule has 0 spiro atoms. The molecule has 1 nitrogen and oxygen atoms in total. The van der Waals surface area contributed by atoms with Crippen LogP contribution in [-0.2, 0) is 0 Å². The first-order valence-electron chi connectivity index (χ1n) is 7.23. The highest BCUT2D eigenvalue weighted by Crippen LogP contribution is 2.26. The minimum absolute atomic E-state index is 0.816. The van der Waals surface area contributed by atoms with Crippen molar-refractivity contribution in [3.05, 3.63) is 23.4 Å². The number of hydrogen-bond acceptors (Lipinski definition) is 1. The molecule has 0 bridgehead atoms. The van der Waals surface area contributed by atoms with Gasteiger partial charge < -0.3 is 5.32 Å². The van der Waals surface area contributed by atoms with E-state index in [0.29, 0.717) is 0 Å². The Bertz CT molecular complexity index is 245. The molecule has 1 aliphatic carbocycles. The van der Waals surface area contributed by atoms with E-state index in [4.69, 9.17) is 0 Å². The van der Waals surface area contributed by atoms with Gasteiger partial charge in [0, 0.05) is 12.2 Å². The molecule has 1 N–H and O–H groups in total. The molecule has 0 radical (unpaired) electrons. The summed E-state index contributed by atoms with van der Waals surface area (Å²) in [7, 11) is 0. The zero-order chi connectivity index (χ0) is 13.3. The molecular formula is C16H31N. The molecule has 0 aromatic carbocycles. The van der Waals surface area contributed by atoms with Crippen molar-refractivity contribution in [3.63, 3.8) is 0 Å². The largest absolute Gasteiger partial charge is 0.385 e. The Kier molecular flexibility index (Phi) is 8.93. The van der Waals surface area contributed by atoms with E-state index in [1.807, 2.05) is 13.8 Å². The smallest absolute Gasteiger partial charge is 0.0329 e. The fourth-order valence-corrected chi connectivity index (χ4v) is 1.84.